The Bertz CT molecular complexity index is 1230. The normalized spacial score (nSPS) is 11.1. The first kappa shape index (κ1) is 23.7. The monoisotopic (exact) mass is 448 g/mol. The number of aromatic amines is 1. The maximum Gasteiger partial charge on any atom is 0.330 e. The second-order valence-electron chi connectivity index (χ2n) is 7.48. The van der Waals surface area contributed by atoms with Crippen LogP contribution in [0, 0.1) is 0 Å². The third kappa shape index (κ3) is 5.87. The Morgan fingerprint density at radius 3 is 2.42 bits per heavy atom. The average molecular weight is 449 g/mol. The summed E-state index contributed by atoms with van der Waals surface area (Å²) in [5.41, 5.74) is 7.62. The number of amides is 1. The number of H-pyrrole nitrogens is 1. The lowest BCUT2D eigenvalue weighted by atomic mass is 10.1. The lowest BCUT2D eigenvalue weighted by Crippen LogP contribution is -2.40. The Morgan fingerprint density at radius 2 is 1.79 bits per heavy atom. The van der Waals surface area contributed by atoms with E-state index in [1.807, 2.05) is 54.6 Å². The number of nitrogen functional groups attached to an aromatic ring is 1. The average Bonchev–Trinajstić information content (AvgIpc) is 2.82. The summed E-state index contributed by atoms with van der Waals surface area (Å²) in [5, 5.41) is 0. The molecule has 1 amide bonds. The fraction of sp³-hybridized carbons (Fsp3) is 0.240. The van der Waals surface area contributed by atoms with Gasteiger partial charge in [0.1, 0.15) is 5.82 Å². The number of aromatic nitrogens is 2. The maximum absolute atomic E-state index is 13.3. The van der Waals surface area contributed by atoms with Crippen molar-refractivity contribution in [3.8, 4) is 0 Å². The number of anilines is 2. The van der Waals surface area contributed by atoms with Gasteiger partial charge in [0.25, 0.3) is 11.5 Å². The number of ether oxygens (including phenoxy) is 1. The largest absolute Gasteiger partial charge is 0.383 e. The number of hydrogen-bond donors (Lipinski definition) is 2. The molecule has 1 heterocycles. The fourth-order valence-corrected chi connectivity index (χ4v) is 3.40. The van der Waals surface area contributed by atoms with Crippen LogP contribution in [0.25, 0.3) is 6.08 Å². The van der Waals surface area contributed by atoms with Crippen LogP contribution in [-0.4, -0.2) is 29.2 Å². The predicted octanol–water partition coefficient (Wildman–Crippen LogP) is 2.57. The van der Waals surface area contributed by atoms with Gasteiger partial charge in [-0.05, 0) is 29.2 Å². The van der Waals surface area contributed by atoms with Crippen molar-refractivity contribution < 1.29 is 9.53 Å². The van der Waals surface area contributed by atoms with E-state index < -0.39 is 17.2 Å². The van der Waals surface area contributed by atoms with E-state index in [0.29, 0.717) is 0 Å². The number of nitrogens with zero attached hydrogens (tertiary/aromatic N) is 2. The van der Waals surface area contributed by atoms with Gasteiger partial charge in [-0.1, -0.05) is 61.5 Å². The number of hydrogen-bond acceptors (Lipinski definition) is 5. The van der Waals surface area contributed by atoms with Crippen LogP contribution in [0.3, 0.4) is 0 Å². The van der Waals surface area contributed by atoms with Crippen LogP contribution in [0.15, 0.2) is 70.3 Å². The molecule has 0 unspecified atom stereocenters. The molecular formula is C25H28N4O4. The highest BCUT2D eigenvalue weighted by Gasteiger charge is 2.23. The lowest BCUT2D eigenvalue weighted by Gasteiger charge is -2.23. The zero-order valence-corrected chi connectivity index (χ0v) is 18.8. The summed E-state index contributed by atoms with van der Waals surface area (Å²) >= 11 is 0. The molecule has 3 N–H and O–H groups in total. The van der Waals surface area contributed by atoms with Crippen molar-refractivity contribution >= 4 is 23.5 Å². The summed E-state index contributed by atoms with van der Waals surface area (Å²) in [6.07, 6.45) is 4.01. The highest BCUT2D eigenvalue weighted by molar-refractivity contribution is 6.05. The zero-order valence-electron chi connectivity index (χ0n) is 18.8. The molecule has 0 atom stereocenters. The van der Waals surface area contributed by atoms with Crippen molar-refractivity contribution in [2.45, 2.75) is 26.4 Å². The van der Waals surface area contributed by atoms with Gasteiger partial charge in [-0.25, -0.2) is 4.79 Å². The summed E-state index contributed by atoms with van der Waals surface area (Å²) in [7, 11) is 1.50. The van der Waals surface area contributed by atoms with Gasteiger partial charge in [-0.3, -0.25) is 24.0 Å². The second-order valence-corrected chi connectivity index (χ2v) is 7.48. The van der Waals surface area contributed by atoms with Gasteiger partial charge in [-0.15, -0.1) is 0 Å². The molecule has 0 radical (unpaired) electrons. The summed E-state index contributed by atoms with van der Waals surface area (Å²) in [5.74, 6) is -0.529. The van der Waals surface area contributed by atoms with E-state index in [-0.39, 0.29) is 31.2 Å². The lowest BCUT2D eigenvalue weighted by molar-refractivity contribution is -0.114. The summed E-state index contributed by atoms with van der Waals surface area (Å²) < 4.78 is 6.23. The number of carbonyl (C=O) groups excluding carboxylic acids is 1. The number of nitrogens with two attached hydrogens (primary N) is 1. The predicted molar refractivity (Wildman–Crippen MR) is 130 cm³/mol. The van der Waals surface area contributed by atoms with E-state index in [4.69, 9.17) is 10.5 Å². The molecule has 0 aliphatic rings. The van der Waals surface area contributed by atoms with E-state index in [2.05, 4.69) is 11.9 Å². The first-order valence-electron chi connectivity index (χ1n) is 10.7. The fourth-order valence-electron chi connectivity index (χ4n) is 3.40. The minimum absolute atomic E-state index is 0.0782. The van der Waals surface area contributed by atoms with Gasteiger partial charge in [0.2, 0.25) is 0 Å². The Balaban J connectivity index is 2.02. The number of rotatable bonds is 9. The van der Waals surface area contributed by atoms with Crippen LogP contribution < -0.4 is 21.9 Å². The molecule has 3 rings (SSSR count). The molecule has 0 aliphatic heterocycles. The first-order chi connectivity index (χ1) is 15.9. The van der Waals surface area contributed by atoms with Gasteiger partial charge in [-0.2, -0.15) is 0 Å². The van der Waals surface area contributed by atoms with Gasteiger partial charge in [0, 0.05) is 13.2 Å². The summed E-state index contributed by atoms with van der Waals surface area (Å²) in [6, 6.07) is 17.1. The molecule has 172 valence electrons. The van der Waals surface area contributed by atoms with E-state index in [1.54, 1.807) is 6.08 Å². The topological polar surface area (TPSA) is 110 Å². The quantitative estimate of drug-likeness (QED) is 0.489. The molecule has 0 fully saturated rings. The van der Waals surface area contributed by atoms with Crippen LogP contribution in [0.1, 0.15) is 23.6 Å². The minimum atomic E-state index is -0.726. The Morgan fingerprint density at radius 1 is 1.09 bits per heavy atom. The first-order valence-corrected chi connectivity index (χ1v) is 10.7. The van der Waals surface area contributed by atoms with Crippen molar-refractivity contribution in [2.75, 3.05) is 24.4 Å². The maximum atomic E-state index is 13.3. The Hall–Kier alpha value is -3.91. The highest BCUT2D eigenvalue weighted by Crippen LogP contribution is 2.20. The molecule has 8 nitrogen and oxygen atoms in total. The molecule has 8 heteroatoms. The molecule has 3 aromatic rings. The van der Waals surface area contributed by atoms with Crippen molar-refractivity contribution in [3.05, 3.63) is 98.2 Å². The smallest absolute Gasteiger partial charge is 0.330 e. The third-order valence-electron chi connectivity index (χ3n) is 5.26. The summed E-state index contributed by atoms with van der Waals surface area (Å²) in [4.78, 5) is 41.9. The van der Waals surface area contributed by atoms with Crippen LogP contribution >= 0.6 is 0 Å². The number of methoxy groups -OCH3 is 1. The van der Waals surface area contributed by atoms with E-state index >= 15 is 0 Å². The van der Waals surface area contributed by atoms with Crippen molar-refractivity contribution in [2.24, 2.45) is 0 Å². The summed E-state index contributed by atoms with van der Waals surface area (Å²) in [6.45, 7) is 2.53. The van der Waals surface area contributed by atoms with Crippen LogP contribution in [0.4, 0.5) is 11.5 Å². The number of benzene rings is 2. The molecule has 0 bridgehead atoms. The van der Waals surface area contributed by atoms with Crippen molar-refractivity contribution in [3.63, 3.8) is 0 Å². The van der Waals surface area contributed by atoms with E-state index in [1.165, 1.54) is 28.2 Å². The van der Waals surface area contributed by atoms with Gasteiger partial charge in [0.05, 0.1) is 19.7 Å². The molecule has 2 aromatic carbocycles. The van der Waals surface area contributed by atoms with Crippen molar-refractivity contribution in [1.29, 1.82) is 0 Å². The van der Waals surface area contributed by atoms with E-state index in [9.17, 15) is 14.4 Å². The second kappa shape index (κ2) is 11.1. The molecule has 0 saturated carbocycles. The van der Waals surface area contributed by atoms with Gasteiger partial charge in [0.15, 0.2) is 5.69 Å². The Kier molecular flexibility index (Phi) is 7.99. The minimum Gasteiger partial charge on any atom is -0.383 e. The van der Waals surface area contributed by atoms with E-state index in [0.717, 1.165) is 17.5 Å². The third-order valence-corrected chi connectivity index (χ3v) is 5.26. The molecule has 0 aliphatic carbocycles. The van der Waals surface area contributed by atoms with Crippen LogP contribution in [0.5, 0.6) is 0 Å². The zero-order chi connectivity index (χ0) is 23.8. The molecule has 33 heavy (non-hydrogen) atoms. The number of nitrogens with one attached hydrogen (secondary N) is 1. The molecule has 0 spiro atoms. The van der Waals surface area contributed by atoms with Gasteiger partial charge < -0.3 is 10.5 Å². The Labute approximate surface area is 191 Å². The van der Waals surface area contributed by atoms with Crippen LogP contribution in [0.2, 0.25) is 0 Å². The molecule has 1 aromatic heterocycles. The standard InChI is InChI=1S/C25H28N4O4/c1-3-18-9-11-19(12-10-18)13-14-21(30)29(17-20-7-5-4-6-8-20)22-23(26)28(15-16-33-2)25(32)27-24(22)31/h4-14H,3,15-17,26H2,1-2H3,(H,27,31,32)/b14-13+. The number of aryl methyl sites for hydroxylation is 1. The SMILES string of the molecule is CCc1ccc(/C=C/C(=O)N(Cc2ccccc2)c2c(N)n(CCOC)c(=O)[nH]c2=O)cc1. The molecular weight excluding hydrogens is 420 g/mol. The van der Waals surface area contributed by atoms with Crippen molar-refractivity contribution in [1.82, 2.24) is 9.55 Å². The highest BCUT2D eigenvalue weighted by atomic mass is 16.5. The van der Waals surface area contributed by atoms with Crippen LogP contribution in [-0.2, 0) is 29.0 Å². The van der Waals surface area contributed by atoms with Gasteiger partial charge >= 0.3 is 5.69 Å². The molecule has 0 saturated heterocycles. The number of carbonyl (C=O) groups is 1.